The maximum absolute atomic E-state index is 11.8. The fourth-order valence-corrected chi connectivity index (χ4v) is 1.32. The molecule has 0 unspecified atom stereocenters. The van der Waals surface area contributed by atoms with E-state index in [4.69, 9.17) is 0 Å². The Bertz CT molecular complexity index is 463. The van der Waals surface area contributed by atoms with E-state index in [9.17, 15) is 14.4 Å². The average Bonchev–Trinajstić information content (AvgIpc) is 2.38. The second-order valence-corrected chi connectivity index (χ2v) is 3.71. The molecular formula is C11H15N3O4. The molecule has 0 atom stereocenters. The van der Waals surface area contributed by atoms with Crippen molar-refractivity contribution >= 4 is 11.9 Å². The number of hydrogen-bond donors (Lipinski definition) is 1. The van der Waals surface area contributed by atoms with E-state index in [1.807, 2.05) is 0 Å². The van der Waals surface area contributed by atoms with E-state index in [2.05, 4.69) is 14.9 Å². The molecule has 0 bridgehead atoms. The van der Waals surface area contributed by atoms with Gasteiger partial charge in [0.25, 0.3) is 11.5 Å². The Balaban J connectivity index is 2.49. The fourth-order valence-electron chi connectivity index (χ4n) is 1.32. The lowest BCUT2D eigenvalue weighted by molar-refractivity contribution is -0.140. The molecule has 1 aromatic heterocycles. The van der Waals surface area contributed by atoms with E-state index in [0.29, 0.717) is 13.0 Å². The smallest absolute Gasteiger partial charge is 0.305 e. The van der Waals surface area contributed by atoms with Gasteiger partial charge >= 0.3 is 5.97 Å². The van der Waals surface area contributed by atoms with E-state index in [1.165, 1.54) is 24.1 Å². The summed E-state index contributed by atoms with van der Waals surface area (Å²) < 4.78 is 4.50. The van der Waals surface area contributed by atoms with Gasteiger partial charge < -0.3 is 9.64 Å². The number of nitrogens with one attached hydrogen (secondary N) is 1. The molecule has 98 valence electrons. The maximum Gasteiger partial charge on any atom is 0.305 e. The third-order valence-corrected chi connectivity index (χ3v) is 2.35. The summed E-state index contributed by atoms with van der Waals surface area (Å²) in [6, 6.07) is 2.60. The maximum atomic E-state index is 11.8. The van der Waals surface area contributed by atoms with Gasteiger partial charge in [-0.3, -0.25) is 14.4 Å². The van der Waals surface area contributed by atoms with Crippen LogP contribution >= 0.6 is 0 Å². The first kappa shape index (κ1) is 13.9. The third-order valence-electron chi connectivity index (χ3n) is 2.35. The van der Waals surface area contributed by atoms with Crippen molar-refractivity contribution in [3.05, 3.63) is 28.2 Å². The zero-order chi connectivity index (χ0) is 13.5. The van der Waals surface area contributed by atoms with Crippen LogP contribution < -0.4 is 5.56 Å². The van der Waals surface area contributed by atoms with Crippen molar-refractivity contribution in [2.45, 2.75) is 12.8 Å². The number of ether oxygens (including phenoxy) is 1. The van der Waals surface area contributed by atoms with Crippen LogP contribution in [0.5, 0.6) is 0 Å². The Labute approximate surface area is 104 Å². The number of amides is 1. The van der Waals surface area contributed by atoms with Crippen molar-refractivity contribution in [2.24, 2.45) is 0 Å². The first-order valence-corrected chi connectivity index (χ1v) is 5.42. The van der Waals surface area contributed by atoms with Gasteiger partial charge in [-0.25, -0.2) is 5.10 Å². The Hall–Kier alpha value is -2.18. The first-order valence-electron chi connectivity index (χ1n) is 5.42. The molecular weight excluding hydrogens is 238 g/mol. The van der Waals surface area contributed by atoms with Crippen molar-refractivity contribution in [3.8, 4) is 0 Å². The van der Waals surface area contributed by atoms with E-state index < -0.39 is 0 Å². The highest BCUT2D eigenvalue weighted by molar-refractivity contribution is 5.91. The van der Waals surface area contributed by atoms with Crippen LogP contribution in [0.3, 0.4) is 0 Å². The zero-order valence-electron chi connectivity index (χ0n) is 10.3. The van der Waals surface area contributed by atoms with Crippen LogP contribution in [-0.2, 0) is 9.53 Å². The summed E-state index contributed by atoms with van der Waals surface area (Å²) in [4.78, 5) is 35.0. The molecule has 1 N–H and O–H groups in total. The number of rotatable bonds is 5. The number of aromatic nitrogens is 2. The molecule has 0 saturated carbocycles. The molecule has 0 aliphatic rings. The second kappa shape index (κ2) is 6.53. The van der Waals surface area contributed by atoms with Crippen molar-refractivity contribution in [2.75, 3.05) is 20.7 Å². The Morgan fingerprint density at radius 2 is 2.17 bits per heavy atom. The number of hydrogen-bond acceptors (Lipinski definition) is 5. The number of aromatic amines is 1. The Morgan fingerprint density at radius 3 is 2.72 bits per heavy atom. The van der Waals surface area contributed by atoms with Gasteiger partial charge in [-0.15, -0.1) is 0 Å². The minimum Gasteiger partial charge on any atom is -0.469 e. The standard InChI is InChI=1S/C11H15N3O4/c1-14(7-3-4-10(16)18-2)11(17)8-5-6-9(15)13-12-8/h5-6H,3-4,7H2,1-2H3,(H,13,15). The summed E-state index contributed by atoms with van der Waals surface area (Å²) >= 11 is 0. The quantitative estimate of drug-likeness (QED) is 0.733. The van der Waals surface area contributed by atoms with Gasteiger partial charge in [0.1, 0.15) is 5.69 Å². The lowest BCUT2D eigenvalue weighted by Gasteiger charge is -2.15. The number of carbonyl (C=O) groups excluding carboxylic acids is 2. The van der Waals surface area contributed by atoms with Crippen molar-refractivity contribution in [1.29, 1.82) is 0 Å². The molecule has 7 heteroatoms. The zero-order valence-corrected chi connectivity index (χ0v) is 10.3. The largest absolute Gasteiger partial charge is 0.469 e. The van der Waals surface area contributed by atoms with Gasteiger partial charge in [0.05, 0.1) is 7.11 Å². The van der Waals surface area contributed by atoms with Gasteiger partial charge in [-0.1, -0.05) is 0 Å². The highest BCUT2D eigenvalue weighted by Crippen LogP contribution is 2.00. The molecule has 1 rings (SSSR count). The van der Waals surface area contributed by atoms with Gasteiger partial charge in [0.2, 0.25) is 0 Å². The van der Waals surface area contributed by atoms with Crippen LogP contribution in [-0.4, -0.2) is 47.7 Å². The molecule has 0 aromatic carbocycles. The molecule has 0 fully saturated rings. The predicted octanol–water partition coefficient (Wildman–Crippen LogP) is -0.205. The SMILES string of the molecule is COC(=O)CCCN(C)C(=O)c1ccc(=O)[nH]n1. The number of nitrogens with zero attached hydrogens (tertiary/aromatic N) is 2. The van der Waals surface area contributed by atoms with Crippen LogP contribution in [0.1, 0.15) is 23.3 Å². The lowest BCUT2D eigenvalue weighted by Crippen LogP contribution is -2.29. The molecule has 7 nitrogen and oxygen atoms in total. The van der Waals surface area contributed by atoms with Crippen molar-refractivity contribution in [3.63, 3.8) is 0 Å². The van der Waals surface area contributed by atoms with Gasteiger partial charge in [-0.2, -0.15) is 5.10 Å². The second-order valence-electron chi connectivity index (χ2n) is 3.71. The molecule has 0 aliphatic heterocycles. The topological polar surface area (TPSA) is 92.4 Å². The Morgan fingerprint density at radius 1 is 1.44 bits per heavy atom. The number of esters is 1. The molecule has 1 heterocycles. The monoisotopic (exact) mass is 253 g/mol. The van der Waals surface area contributed by atoms with Crippen LogP contribution in [0.2, 0.25) is 0 Å². The summed E-state index contributed by atoms with van der Waals surface area (Å²) in [7, 11) is 2.92. The fraction of sp³-hybridized carbons (Fsp3) is 0.455. The van der Waals surface area contributed by atoms with Gasteiger partial charge in [-0.05, 0) is 12.5 Å². The lowest BCUT2D eigenvalue weighted by atomic mass is 10.3. The number of H-pyrrole nitrogens is 1. The van der Waals surface area contributed by atoms with Crippen molar-refractivity contribution < 1.29 is 14.3 Å². The van der Waals surface area contributed by atoms with Gasteiger partial charge in [0, 0.05) is 26.1 Å². The van der Waals surface area contributed by atoms with Crippen LogP contribution in [0, 0.1) is 0 Å². The predicted molar refractivity (Wildman–Crippen MR) is 63.1 cm³/mol. The summed E-state index contributed by atoms with van der Waals surface area (Å²) in [6.45, 7) is 0.411. The average molecular weight is 253 g/mol. The van der Waals surface area contributed by atoms with Crippen LogP contribution in [0.4, 0.5) is 0 Å². The van der Waals surface area contributed by atoms with E-state index in [1.54, 1.807) is 7.05 Å². The summed E-state index contributed by atoms with van der Waals surface area (Å²) in [5.74, 6) is -0.617. The number of methoxy groups -OCH3 is 1. The van der Waals surface area contributed by atoms with Gasteiger partial charge in [0.15, 0.2) is 0 Å². The molecule has 1 amide bonds. The molecule has 1 aromatic rings. The Kier molecular flexibility index (Phi) is 5.04. The molecule has 18 heavy (non-hydrogen) atoms. The van der Waals surface area contributed by atoms with Crippen LogP contribution in [0.15, 0.2) is 16.9 Å². The third kappa shape index (κ3) is 4.00. The number of carbonyl (C=O) groups is 2. The highest BCUT2D eigenvalue weighted by atomic mass is 16.5. The molecule has 0 radical (unpaired) electrons. The minimum absolute atomic E-state index is 0.162. The molecule has 0 saturated heterocycles. The highest BCUT2D eigenvalue weighted by Gasteiger charge is 2.13. The summed E-state index contributed by atoms with van der Waals surface area (Å²) in [5, 5.41) is 5.83. The summed E-state index contributed by atoms with van der Waals surface area (Å²) in [6.07, 6.45) is 0.769. The molecule has 0 spiro atoms. The summed E-state index contributed by atoms with van der Waals surface area (Å²) in [5.41, 5.74) is -0.199. The van der Waals surface area contributed by atoms with Crippen LogP contribution in [0.25, 0.3) is 0 Å². The van der Waals surface area contributed by atoms with E-state index in [-0.39, 0.29) is 29.6 Å². The normalized spacial score (nSPS) is 9.89. The van der Waals surface area contributed by atoms with Crippen molar-refractivity contribution in [1.82, 2.24) is 15.1 Å². The first-order chi connectivity index (χ1) is 8.54. The van der Waals surface area contributed by atoms with E-state index in [0.717, 1.165) is 0 Å². The van der Waals surface area contributed by atoms with E-state index >= 15 is 0 Å². The molecule has 0 aliphatic carbocycles. The minimum atomic E-state index is -0.361.